The molecule has 0 unspecified atom stereocenters. The minimum Gasteiger partial charge on any atom is -0.404 e. The second kappa shape index (κ2) is 6.23. The number of piperidine rings is 1. The SMILES string of the molecule is CC1(O)CCN(S(=O)(=O)c2ccc(Br)cc2OC(F)(F)F)CC1. The van der Waals surface area contributed by atoms with Crippen molar-refractivity contribution in [1.29, 1.82) is 0 Å². The average molecular weight is 418 g/mol. The first-order valence-corrected chi connectivity index (χ1v) is 8.92. The minimum atomic E-state index is -5.00. The van der Waals surface area contributed by atoms with Gasteiger partial charge >= 0.3 is 6.36 Å². The van der Waals surface area contributed by atoms with E-state index in [2.05, 4.69) is 20.7 Å². The molecule has 0 amide bonds. The molecule has 1 saturated heterocycles. The van der Waals surface area contributed by atoms with E-state index in [0.717, 1.165) is 16.4 Å². The normalized spacial score (nSPS) is 19.6. The number of ether oxygens (including phenoxy) is 1. The molecule has 130 valence electrons. The lowest BCUT2D eigenvalue weighted by Crippen LogP contribution is -2.45. The molecular weight excluding hydrogens is 403 g/mol. The van der Waals surface area contributed by atoms with Crippen LogP contribution in [0.5, 0.6) is 5.75 Å². The Morgan fingerprint density at radius 3 is 2.39 bits per heavy atom. The predicted octanol–water partition coefficient (Wildman–Crippen LogP) is 2.88. The lowest BCUT2D eigenvalue weighted by molar-refractivity contribution is -0.275. The molecule has 1 aromatic carbocycles. The number of benzene rings is 1. The summed E-state index contributed by atoms with van der Waals surface area (Å²) in [4.78, 5) is -0.556. The summed E-state index contributed by atoms with van der Waals surface area (Å²) in [7, 11) is -4.16. The molecule has 0 atom stereocenters. The van der Waals surface area contributed by atoms with Gasteiger partial charge in [-0.3, -0.25) is 0 Å². The summed E-state index contributed by atoms with van der Waals surface area (Å²) < 4.78 is 67.9. The number of halogens is 4. The van der Waals surface area contributed by atoms with Crippen molar-refractivity contribution < 1.29 is 31.4 Å². The molecule has 0 spiro atoms. The molecule has 10 heteroatoms. The fourth-order valence-electron chi connectivity index (χ4n) is 2.25. The molecule has 1 aliphatic rings. The molecule has 0 aliphatic carbocycles. The van der Waals surface area contributed by atoms with Gasteiger partial charge in [-0.05, 0) is 38.0 Å². The Morgan fingerprint density at radius 2 is 1.87 bits per heavy atom. The number of sulfonamides is 1. The van der Waals surface area contributed by atoms with Crippen LogP contribution < -0.4 is 4.74 Å². The summed E-state index contributed by atoms with van der Waals surface area (Å²) >= 11 is 2.99. The van der Waals surface area contributed by atoms with Gasteiger partial charge in [0.15, 0.2) is 5.75 Å². The van der Waals surface area contributed by atoms with Gasteiger partial charge in [0, 0.05) is 17.6 Å². The van der Waals surface area contributed by atoms with Crippen LogP contribution >= 0.6 is 15.9 Å². The van der Waals surface area contributed by atoms with Crippen LogP contribution in [0.25, 0.3) is 0 Å². The van der Waals surface area contributed by atoms with Crippen LogP contribution in [0.4, 0.5) is 13.2 Å². The Labute approximate surface area is 140 Å². The third-order valence-corrected chi connectivity index (χ3v) is 5.98. The molecule has 1 N–H and O–H groups in total. The first kappa shape index (κ1) is 18.5. The van der Waals surface area contributed by atoms with Crippen molar-refractivity contribution in [2.45, 2.75) is 36.6 Å². The lowest BCUT2D eigenvalue weighted by Gasteiger charge is -2.35. The maximum Gasteiger partial charge on any atom is 0.573 e. The van der Waals surface area contributed by atoms with Crippen molar-refractivity contribution in [2.24, 2.45) is 0 Å². The van der Waals surface area contributed by atoms with Crippen LogP contribution in [-0.4, -0.2) is 42.9 Å². The van der Waals surface area contributed by atoms with Gasteiger partial charge < -0.3 is 9.84 Å². The summed E-state index contributed by atoms with van der Waals surface area (Å²) in [5.74, 6) is -0.788. The Hall–Kier alpha value is -0.840. The monoisotopic (exact) mass is 417 g/mol. The minimum absolute atomic E-state index is 0.0247. The number of hydrogen-bond acceptors (Lipinski definition) is 4. The summed E-state index contributed by atoms with van der Waals surface area (Å²) in [5, 5.41) is 9.87. The molecule has 0 aromatic heterocycles. The molecule has 0 bridgehead atoms. The molecule has 1 aromatic rings. The molecule has 5 nitrogen and oxygen atoms in total. The van der Waals surface area contributed by atoms with Gasteiger partial charge in [-0.25, -0.2) is 8.42 Å². The molecule has 2 rings (SSSR count). The molecule has 0 radical (unpaired) electrons. The number of hydrogen-bond donors (Lipinski definition) is 1. The van der Waals surface area contributed by atoms with Crippen molar-refractivity contribution in [1.82, 2.24) is 4.31 Å². The molecular formula is C13H15BrF3NO4S. The van der Waals surface area contributed by atoms with Crippen molar-refractivity contribution in [3.8, 4) is 5.75 Å². The number of nitrogens with zero attached hydrogens (tertiary/aromatic N) is 1. The highest BCUT2D eigenvalue weighted by atomic mass is 79.9. The van der Waals surface area contributed by atoms with E-state index in [0.29, 0.717) is 0 Å². The molecule has 0 saturated carbocycles. The fraction of sp³-hybridized carbons (Fsp3) is 0.538. The van der Waals surface area contributed by atoms with E-state index < -0.39 is 32.6 Å². The second-order valence-electron chi connectivity index (χ2n) is 5.54. The topological polar surface area (TPSA) is 66.8 Å². The van der Waals surface area contributed by atoms with E-state index in [-0.39, 0.29) is 30.4 Å². The highest BCUT2D eigenvalue weighted by molar-refractivity contribution is 9.10. The summed E-state index contributed by atoms with van der Waals surface area (Å²) in [6.45, 7) is 1.64. The zero-order valence-electron chi connectivity index (χ0n) is 12.1. The molecule has 23 heavy (non-hydrogen) atoms. The van der Waals surface area contributed by atoms with Crippen molar-refractivity contribution >= 4 is 26.0 Å². The van der Waals surface area contributed by atoms with Crippen LogP contribution in [-0.2, 0) is 10.0 Å². The van der Waals surface area contributed by atoms with Crippen molar-refractivity contribution in [2.75, 3.05) is 13.1 Å². The van der Waals surface area contributed by atoms with Crippen LogP contribution in [0.15, 0.2) is 27.6 Å². The van der Waals surface area contributed by atoms with E-state index in [9.17, 15) is 26.7 Å². The van der Waals surface area contributed by atoms with Gasteiger partial charge in [0.25, 0.3) is 0 Å². The van der Waals surface area contributed by atoms with E-state index >= 15 is 0 Å². The Morgan fingerprint density at radius 1 is 1.30 bits per heavy atom. The Bertz CT molecular complexity index is 681. The average Bonchev–Trinajstić information content (AvgIpc) is 2.35. The highest BCUT2D eigenvalue weighted by Gasteiger charge is 2.38. The van der Waals surface area contributed by atoms with Crippen molar-refractivity contribution in [3.63, 3.8) is 0 Å². The number of aliphatic hydroxyl groups is 1. The largest absolute Gasteiger partial charge is 0.573 e. The van der Waals surface area contributed by atoms with Gasteiger partial charge in [0.05, 0.1) is 5.60 Å². The number of alkyl halides is 3. The van der Waals surface area contributed by atoms with Crippen LogP contribution in [0.2, 0.25) is 0 Å². The Balaban J connectivity index is 2.36. The van der Waals surface area contributed by atoms with Gasteiger partial charge in [-0.2, -0.15) is 4.31 Å². The lowest BCUT2D eigenvalue weighted by atomic mass is 9.95. The quantitative estimate of drug-likeness (QED) is 0.820. The maximum atomic E-state index is 12.6. The highest BCUT2D eigenvalue weighted by Crippen LogP contribution is 2.35. The first-order valence-electron chi connectivity index (χ1n) is 6.69. The van der Waals surface area contributed by atoms with Crippen LogP contribution in [0.1, 0.15) is 19.8 Å². The first-order chi connectivity index (χ1) is 10.4. The predicted molar refractivity (Wildman–Crippen MR) is 79.4 cm³/mol. The third kappa shape index (κ3) is 4.59. The number of rotatable bonds is 3. The molecule has 1 aliphatic heterocycles. The van der Waals surface area contributed by atoms with Crippen molar-refractivity contribution in [3.05, 3.63) is 22.7 Å². The van der Waals surface area contributed by atoms with Gasteiger partial charge in [0.1, 0.15) is 4.90 Å². The third-order valence-electron chi connectivity index (χ3n) is 3.55. The molecule has 1 fully saturated rings. The van der Waals surface area contributed by atoms with E-state index in [1.165, 1.54) is 6.07 Å². The van der Waals surface area contributed by atoms with Gasteiger partial charge in [0.2, 0.25) is 10.0 Å². The van der Waals surface area contributed by atoms with Crippen LogP contribution in [0.3, 0.4) is 0 Å². The Kier molecular flexibility index (Phi) is 5.01. The summed E-state index contributed by atoms with van der Waals surface area (Å²) in [5.41, 5.74) is -0.975. The molecule has 1 heterocycles. The zero-order chi connectivity index (χ0) is 17.5. The maximum absolute atomic E-state index is 12.6. The van der Waals surface area contributed by atoms with E-state index in [1.807, 2.05) is 0 Å². The van der Waals surface area contributed by atoms with E-state index in [4.69, 9.17) is 0 Å². The van der Waals surface area contributed by atoms with Gasteiger partial charge in [-0.15, -0.1) is 13.2 Å². The van der Waals surface area contributed by atoms with Gasteiger partial charge in [-0.1, -0.05) is 15.9 Å². The summed E-state index contributed by atoms with van der Waals surface area (Å²) in [6.07, 6.45) is -4.59. The smallest absolute Gasteiger partial charge is 0.404 e. The second-order valence-corrected chi connectivity index (χ2v) is 8.36. The van der Waals surface area contributed by atoms with Crippen LogP contribution in [0, 0.1) is 0 Å². The standard InChI is InChI=1S/C13H15BrF3NO4S/c1-12(19)4-6-18(7-5-12)23(20,21)11-3-2-9(14)8-10(11)22-13(15,16)17/h2-3,8,19H,4-7H2,1H3. The zero-order valence-corrected chi connectivity index (χ0v) is 14.5. The fourth-order valence-corrected chi connectivity index (χ4v) is 4.12. The van der Waals surface area contributed by atoms with E-state index in [1.54, 1.807) is 6.92 Å². The summed E-state index contributed by atoms with van der Waals surface area (Å²) in [6, 6.07) is 3.35.